The monoisotopic (exact) mass is 1030 g/mol. The van der Waals surface area contributed by atoms with Gasteiger partial charge in [0, 0.05) is 88.5 Å². The number of carbonyl (C=O) groups excluding carboxylic acids is 5. The Morgan fingerprint density at radius 2 is 1.50 bits per heavy atom. The number of hydrogen-bond donors (Lipinski definition) is 4. The lowest BCUT2D eigenvalue weighted by Crippen LogP contribution is -2.52. The summed E-state index contributed by atoms with van der Waals surface area (Å²) < 4.78 is 52.1. The minimum Gasteiger partial charge on any atom is -0.379 e. The normalized spacial score (nSPS) is 14.8. The van der Waals surface area contributed by atoms with Crippen molar-refractivity contribution in [2.75, 3.05) is 70.0 Å². The number of imide groups is 1. The van der Waals surface area contributed by atoms with Crippen molar-refractivity contribution in [2.24, 2.45) is 4.99 Å². The predicted octanol–water partition coefficient (Wildman–Crippen LogP) is 6.96. The molecule has 1 aromatic heterocycles. The zero-order valence-electron chi connectivity index (χ0n) is 39.0. The van der Waals surface area contributed by atoms with Gasteiger partial charge in [-0.3, -0.25) is 34.3 Å². The van der Waals surface area contributed by atoms with Crippen molar-refractivity contribution in [1.29, 1.82) is 0 Å². The van der Waals surface area contributed by atoms with Crippen LogP contribution in [-0.4, -0.2) is 116 Å². The Hall–Kier alpha value is -6.74. The van der Waals surface area contributed by atoms with Crippen molar-refractivity contribution in [3.63, 3.8) is 0 Å². The quantitative estimate of drug-likeness (QED) is 0.0387. The third kappa shape index (κ3) is 13.4. The number of aromatic nitrogens is 2. The molecular formula is C51H52Cl2F2N8O9. The number of nitrogens with one attached hydrogen (secondary N) is 4. The first-order chi connectivity index (χ1) is 34.5. The molecule has 4 aromatic carbocycles. The highest BCUT2D eigenvalue weighted by Crippen LogP contribution is 2.36. The molecule has 5 amide bonds. The van der Waals surface area contributed by atoms with Gasteiger partial charge in [0.1, 0.15) is 17.7 Å². The number of halogens is 4. The van der Waals surface area contributed by atoms with Crippen molar-refractivity contribution >= 4 is 76.6 Å². The average Bonchev–Trinajstić information content (AvgIpc) is 3.61. The SMILES string of the molecule is Cl.O=C1CCC(N2Cc3c(NC(=O)CCCCOCCOCCOCCOCCNC(=O)c4ccc(Nc5ncc6c(n5)-c5ccc(Cl)cc5C(c5c(F)cccc5F)=NC6)cc4)cccc3C2=O)C(=O)N1. The van der Waals surface area contributed by atoms with Crippen LogP contribution in [0, 0.1) is 11.6 Å². The number of amides is 5. The molecule has 1 fully saturated rings. The molecule has 17 nitrogen and oxygen atoms in total. The molecule has 4 N–H and O–H groups in total. The molecule has 0 aliphatic carbocycles. The van der Waals surface area contributed by atoms with Gasteiger partial charge in [0.2, 0.25) is 23.7 Å². The maximum absolute atomic E-state index is 14.9. The van der Waals surface area contributed by atoms with Gasteiger partial charge in [0.25, 0.3) is 11.8 Å². The summed E-state index contributed by atoms with van der Waals surface area (Å²) >= 11 is 6.34. The average molecular weight is 1030 g/mol. The largest absolute Gasteiger partial charge is 0.379 e. The van der Waals surface area contributed by atoms with Crippen LogP contribution >= 0.6 is 24.0 Å². The van der Waals surface area contributed by atoms with Gasteiger partial charge in [-0.2, -0.15) is 0 Å². The van der Waals surface area contributed by atoms with Gasteiger partial charge in [-0.25, -0.2) is 18.7 Å². The maximum Gasteiger partial charge on any atom is 0.255 e. The molecule has 0 saturated carbocycles. The fraction of sp³-hybridized carbons (Fsp3) is 0.333. The van der Waals surface area contributed by atoms with Crippen LogP contribution in [0.15, 0.2) is 90.1 Å². The van der Waals surface area contributed by atoms with Crippen LogP contribution in [0.25, 0.3) is 11.3 Å². The Kier molecular flexibility index (Phi) is 18.9. The van der Waals surface area contributed by atoms with Gasteiger partial charge in [-0.05, 0) is 79.9 Å². The van der Waals surface area contributed by atoms with Gasteiger partial charge >= 0.3 is 0 Å². The Morgan fingerprint density at radius 3 is 2.22 bits per heavy atom. The molecule has 0 bridgehead atoms. The molecule has 72 heavy (non-hydrogen) atoms. The molecule has 5 aromatic rings. The Labute approximate surface area is 424 Å². The summed E-state index contributed by atoms with van der Waals surface area (Å²) in [6, 6.07) is 19.9. The summed E-state index contributed by atoms with van der Waals surface area (Å²) in [6.45, 7) is 3.59. The fourth-order valence-corrected chi connectivity index (χ4v) is 8.43. The van der Waals surface area contributed by atoms with E-state index in [2.05, 4.69) is 31.2 Å². The molecule has 4 heterocycles. The van der Waals surface area contributed by atoms with Gasteiger partial charge in [-0.1, -0.05) is 29.8 Å². The number of unbranched alkanes of at least 4 members (excludes halogenated alkanes) is 1. The number of fused-ring (bicyclic) bond motifs is 4. The topological polar surface area (TPSA) is 212 Å². The van der Waals surface area contributed by atoms with Gasteiger partial charge in [0.05, 0.1) is 69.8 Å². The van der Waals surface area contributed by atoms with Gasteiger partial charge < -0.3 is 39.8 Å². The molecule has 1 atom stereocenters. The third-order valence-electron chi connectivity index (χ3n) is 11.8. The molecule has 378 valence electrons. The Bertz CT molecular complexity index is 2800. The van der Waals surface area contributed by atoms with Crippen molar-refractivity contribution in [3.8, 4) is 11.3 Å². The minimum atomic E-state index is -0.740. The molecule has 1 saturated heterocycles. The fourth-order valence-electron chi connectivity index (χ4n) is 8.26. The van der Waals surface area contributed by atoms with Crippen LogP contribution in [0.2, 0.25) is 5.02 Å². The maximum atomic E-state index is 14.9. The first kappa shape index (κ1) is 53.1. The molecule has 3 aliphatic heterocycles. The summed E-state index contributed by atoms with van der Waals surface area (Å²) in [4.78, 5) is 77.7. The van der Waals surface area contributed by atoms with E-state index >= 15 is 0 Å². The highest BCUT2D eigenvalue weighted by atomic mass is 35.5. The lowest BCUT2D eigenvalue weighted by atomic mass is 9.95. The minimum absolute atomic E-state index is 0. The highest BCUT2D eigenvalue weighted by molar-refractivity contribution is 6.31. The first-order valence-corrected chi connectivity index (χ1v) is 23.6. The smallest absolute Gasteiger partial charge is 0.255 e. The Balaban J connectivity index is 0.00000760. The van der Waals surface area contributed by atoms with E-state index in [4.69, 9.17) is 35.5 Å². The summed E-state index contributed by atoms with van der Waals surface area (Å²) in [5, 5.41) is 11.6. The summed E-state index contributed by atoms with van der Waals surface area (Å²) in [5.74, 6) is -2.79. The van der Waals surface area contributed by atoms with E-state index in [1.54, 1.807) is 66.9 Å². The molecule has 3 aliphatic rings. The second kappa shape index (κ2) is 25.6. The lowest BCUT2D eigenvalue weighted by molar-refractivity contribution is -0.137. The number of hydrogen-bond acceptors (Lipinski definition) is 13. The zero-order chi connectivity index (χ0) is 49.7. The zero-order valence-corrected chi connectivity index (χ0v) is 40.6. The van der Waals surface area contributed by atoms with E-state index in [1.165, 1.54) is 23.1 Å². The molecule has 0 spiro atoms. The number of carbonyl (C=O) groups is 5. The molecular weight excluding hydrogens is 978 g/mol. The molecule has 8 rings (SSSR count). The number of aliphatic imine (C=N–C) groups is 1. The number of piperidine rings is 1. The van der Waals surface area contributed by atoms with E-state index in [-0.39, 0.29) is 85.6 Å². The van der Waals surface area contributed by atoms with E-state index in [9.17, 15) is 32.8 Å². The molecule has 0 radical (unpaired) electrons. The van der Waals surface area contributed by atoms with Gasteiger partial charge in [-0.15, -0.1) is 12.4 Å². The Morgan fingerprint density at radius 1 is 0.806 bits per heavy atom. The van der Waals surface area contributed by atoms with Crippen molar-refractivity contribution < 1.29 is 51.7 Å². The summed E-state index contributed by atoms with van der Waals surface area (Å²) in [5.41, 5.74) is 4.82. The van der Waals surface area contributed by atoms with E-state index < -0.39 is 23.6 Å². The number of rotatable bonds is 23. The standard InChI is InChI=1S/C51H51ClF2N8O9.ClH/c52-33-12-15-35-37(27-33)47(45-39(53)6-4-7-40(45)54)56-28-32-29-57-51(61-46(32)35)58-34-13-10-31(11-14-34)48(65)55-18-20-69-22-24-71-26-25-70-23-21-68-19-2-1-9-43(63)59-41-8-3-5-36-38(41)30-62(50(36)67)42-16-17-44(64)60-49(42)66;/h3-8,10-15,27,29,42H,1-2,9,16-26,28,30H2,(H,55,65)(H,59,63)(H,57,58,61)(H,60,64,66);1H. The lowest BCUT2D eigenvalue weighted by Gasteiger charge is -2.29. The summed E-state index contributed by atoms with van der Waals surface area (Å²) in [7, 11) is 0. The van der Waals surface area contributed by atoms with Crippen LogP contribution < -0.4 is 21.3 Å². The van der Waals surface area contributed by atoms with Gasteiger partial charge in [0.15, 0.2) is 0 Å². The van der Waals surface area contributed by atoms with Crippen LogP contribution in [0.3, 0.4) is 0 Å². The van der Waals surface area contributed by atoms with Crippen LogP contribution in [0.1, 0.15) is 75.1 Å². The number of benzene rings is 4. The van der Waals surface area contributed by atoms with Crippen LogP contribution in [0.5, 0.6) is 0 Å². The van der Waals surface area contributed by atoms with Crippen LogP contribution in [0.4, 0.5) is 26.1 Å². The number of anilines is 3. The predicted molar refractivity (Wildman–Crippen MR) is 266 cm³/mol. The van der Waals surface area contributed by atoms with Crippen LogP contribution in [-0.2, 0) is 46.4 Å². The highest BCUT2D eigenvalue weighted by Gasteiger charge is 2.40. The number of nitrogens with zero attached hydrogens (tertiary/aromatic N) is 4. The van der Waals surface area contributed by atoms with Crippen molar-refractivity contribution in [3.05, 3.63) is 135 Å². The van der Waals surface area contributed by atoms with Crippen molar-refractivity contribution in [1.82, 2.24) is 25.5 Å². The third-order valence-corrected chi connectivity index (χ3v) is 12.0. The van der Waals surface area contributed by atoms with E-state index in [0.29, 0.717) is 128 Å². The summed E-state index contributed by atoms with van der Waals surface area (Å²) in [6.07, 6.45) is 3.60. The molecule has 1 unspecified atom stereocenters. The second-order valence-electron chi connectivity index (χ2n) is 16.7. The van der Waals surface area contributed by atoms with E-state index in [1.807, 2.05) is 0 Å². The van der Waals surface area contributed by atoms with E-state index in [0.717, 1.165) is 0 Å². The number of ether oxygens (including phenoxy) is 4. The van der Waals surface area contributed by atoms with Crippen molar-refractivity contribution in [2.45, 2.75) is 51.2 Å². The first-order valence-electron chi connectivity index (χ1n) is 23.2. The second-order valence-corrected chi connectivity index (χ2v) is 17.1. The molecule has 21 heteroatoms.